The van der Waals surface area contributed by atoms with E-state index in [-0.39, 0.29) is 11.9 Å². The molecule has 0 saturated heterocycles. The third-order valence-electron chi connectivity index (χ3n) is 2.46. The number of nitrogens with two attached hydrogens (primary N) is 1. The SMILES string of the molecule is CCCCC(N)C(=O)NCCc1cccs1. The average molecular weight is 240 g/mol. The maximum atomic E-state index is 11.5. The number of amides is 1. The van der Waals surface area contributed by atoms with E-state index in [0.29, 0.717) is 6.54 Å². The Bertz CT molecular complexity index is 298. The van der Waals surface area contributed by atoms with Crippen molar-refractivity contribution < 1.29 is 4.79 Å². The van der Waals surface area contributed by atoms with Gasteiger partial charge < -0.3 is 11.1 Å². The smallest absolute Gasteiger partial charge is 0.236 e. The summed E-state index contributed by atoms with van der Waals surface area (Å²) in [4.78, 5) is 12.8. The van der Waals surface area contributed by atoms with Gasteiger partial charge in [-0.15, -0.1) is 11.3 Å². The summed E-state index contributed by atoms with van der Waals surface area (Å²) in [6.45, 7) is 2.78. The Morgan fingerprint density at radius 1 is 1.62 bits per heavy atom. The second-order valence-corrected chi connectivity index (χ2v) is 4.90. The number of unbranched alkanes of at least 4 members (excludes halogenated alkanes) is 1. The van der Waals surface area contributed by atoms with Gasteiger partial charge in [-0.1, -0.05) is 25.8 Å². The van der Waals surface area contributed by atoms with Gasteiger partial charge in [-0.2, -0.15) is 0 Å². The molecule has 1 aromatic heterocycles. The van der Waals surface area contributed by atoms with E-state index in [1.54, 1.807) is 11.3 Å². The predicted octanol–water partition coefficient (Wildman–Crippen LogP) is 1.92. The van der Waals surface area contributed by atoms with Crippen LogP contribution in [-0.4, -0.2) is 18.5 Å². The zero-order valence-corrected chi connectivity index (χ0v) is 10.6. The van der Waals surface area contributed by atoms with Crippen LogP contribution in [0.3, 0.4) is 0 Å². The topological polar surface area (TPSA) is 55.1 Å². The number of rotatable bonds is 7. The lowest BCUT2D eigenvalue weighted by Gasteiger charge is -2.11. The predicted molar refractivity (Wildman–Crippen MR) is 68.5 cm³/mol. The highest BCUT2D eigenvalue weighted by atomic mass is 32.1. The van der Waals surface area contributed by atoms with Crippen molar-refractivity contribution in [1.29, 1.82) is 0 Å². The van der Waals surface area contributed by atoms with Crippen molar-refractivity contribution in [3.63, 3.8) is 0 Å². The van der Waals surface area contributed by atoms with Crippen LogP contribution in [0.15, 0.2) is 17.5 Å². The van der Waals surface area contributed by atoms with Gasteiger partial charge in [-0.25, -0.2) is 0 Å². The lowest BCUT2D eigenvalue weighted by Crippen LogP contribution is -2.41. The van der Waals surface area contributed by atoms with Crippen LogP contribution in [0.2, 0.25) is 0 Å². The van der Waals surface area contributed by atoms with Crippen LogP contribution >= 0.6 is 11.3 Å². The van der Waals surface area contributed by atoms with E-state index in [0.717, 1.165) is 25.7 Å². The Balaban J connectivity index is 2.14. The van der Waals surface area contributed by atoms with Crippen LogP contribution in [-0.2, 0) is 11.2 Å². The lowest BCUT2D eigenvalue weighted by molar-refractivity contribution is -0.122. The molecule has 3 N–H and O–H groups in total. The van der Waals surface area contributed by atoms with E-state index in [2.05, 4.69) is 18.3 Å². The van der Waals surface area contributed by atoms with E-state index < -0.39 is 0 Å². The molecule has 1 heterocycles. The Labute approximate surface area is 101 Å². The highest BCUT2D eigenvalue weighted by Gasteiger charge is 2.11. The standard InChI is InChI=1S/C12H20N2OS/c1-2-3-6-11(13)12(15)14-8-7-10-5-4-9-16-10/h4-5,9,11H,2-3,6-8,13H2,1H3,(H,14,15). The van der Waals surface area contributed by atoms with Crippen molar-refractivity contribution in [2.75, 3.05) is 6.54 Å². The van der Waals surface area contributed by atoms with Crippen molar-refractivity contribution in [2.24, 2.45) is 5.73 Å². The van der Waals surface area contributed by atoms with Gasteiger partial charge in [-0.3, -0.25) is 4.79 Å². The van der Waals surface area contributed by atoms with Crippen molar-refractivity contribution in [2.45, 2.75) is 38.6 Å². The Hall–Kier alpha value is -0.870. The number of carbonyl (C=O) groups is 1. The summed E-state index contributed by atoms with van der Waals surface area (Å²) in [5.74, 6) is -0.0231. The van der Waals surface area contributed by atoms with Gasteiger partial charge in [0.25, 0.3) is 0 Å². The van der Waals surface area contributed by atoms with Gasteiger partial charge in [0.05, 0.1) is 6.04 Å². The van der Waals surface area contributed by atoms with Crippen LogP contribution in [0.4, 0.5) is 0 Å². The molecule has 3 nitrogen and oxygen atoms in total. The molecule has 0 aliphatic heterocycles. The fourth-order valence-electron chi connectivity index (χ4n) is 1.45. The fourth-order valence-corrected chi connectivity index (χ4v) is 2.16. The molecule has 0 aromatic carbocycles. The first-order valence-electron chi connectivity index (χ1n) is 5.79. The number of carbonyl (C=O) groups excluding carboxylic acids is 1. The minimum Gasteiger partial charge on any atom is -0.354 e. The van der Waals surface area contributed by atoms with Gasteiger partial charge in [0, 0.05) is 11.4 Å². The van der Waals surface area contributed by atoms with E-state index in [9.17, 15) is 4.79 Å². The van der Waals surface area contributed by atoms with Crippen LogP contribution in [0.1, 0.15) is 31.1 Å². The summed E-state index contributed by atoms with van der Waals surface area (Å²) in [7, 11) is 0. The molecule has 16 heavy (non-hydrogen) atoms. The zero-order chi connectivity index (χ0) is 11.8. The maximum absolute atomic E-state index is 11.5. The van der Waals surface area contributed by atoms with E-state index >= 15 is 0 Å². The molecule has 1 rings (SSSR count). The lowest BCUT2D eigenvalue weighted by atomic mass is 10.1. The van der Waals surface area contributed by atoms with Crippen molar-refractivity contribution in [3.05, 3.63) is 22.4 Å². The second-order valence-electron chi connectivity index (χ2n) is 3.87. The molecule has 0 aliphatic rings. The van der Waals surface area contributed by atoms with Crippen molar-refractivity contribution >= 4 is 17.2 Å². The third-order valence-corrected chi connectivity index (χ3v) is 3.39. The molecule has 1 amide bonds. The maximum Gasteiger partial charge on any atom is 0.236 e. The molecule has 0 bridgehead atoms. The summed E-state index contributed by atoms with van der Waals surface area (Å²) >= 11 is 1.71. The fraction of sp³-hybridized carbons (Fsp3) is 0.583. The van der Waals surface area contributed by atoms with E-state index in [1.807, 2.05) is 11.4 Å². The quantitative estimate of drug-likeness (QED) is 0.765. The highest BCUT2D eigenvalue weighted by molar-refractivity contribution is 7.09. The average Bonchev–Trinajstić information content (AvgIpc) is 2.78. The monoisotopic (exact) mass is 240 g/mol. The first-order valence-corrected chi connectivity index (χ1v) is 6.67. The first kappa shape index (κ1) is 13.2. The summed E-state index contributed by atoms with van der Waals surface area (Å²) in [6, 6.07) is 3.76. The molecule has 1 aromatic rings. The van der Waals surface area contributed by atoms with Crippen molar-refractivity contribution in [3.8, 4) is 0 Å². The Morgan fingerprint density at radius 3 is 3.06 bits per heavy atom. The molecular weight excluding hydrogens is 220 g/mol. The highest BCUT2D eigenvalue weighted by Crippen LogP contribution is 2.08. The molecule has 1 atom stereocenters. The number of thiophene rings is 1. The van der Waals surface area contributed by atoms with Crippen molar-refractivity contribution in [1.82, 2.24) is 5.32 Å². The molecule has 4 heteroatoms. The van der Waals surface area contributed by atoms with Gasteiger partial charge in [0.2, 0.25) is 5.91 Å². The minimum absolute atomic E-state index is 0.0231. The largest absolute Gasteiger partial charge is 0.354 e. The summed E-state index contributed by atoms with van der Waals surface area (Å²) in [5, 5.41) is 4.92. The van der Waals surface area contributed by atoms with Crippen LogP contribution in [0.25, 0.3) is 0 Å². The van der Waals surface area contributed by atoms with Gasteiger partial charge in [0.15, 0.2) is 0 Å². The Kier molecular flexibility index (Phi) is 6.11. The molecule has 90 valence electrons. The summed E-state index contributed by atoms with van der Waals surface area (Å²) < 4.78 is 0. The number of nitrogens with one attached hydrogen (secondary N) is 1. The van der Waals surface area contributed by atoms with Gasteiger partial charge in [0.1, 0.15) is 0 Å². The molecule has 0 aliphatic carbocycles. The van der Waals surface area contributed by atoms with Crippen LogP contribution < -0.4 is 11.1 Å². The third kappa shape index (κ3) is 4.77. The molecule has 1 unspecified atom stereocenters. The number of hydrogen-bond donors (Lipinski definition) is 2. The summed E-state index contributed by atoms with van der Waals surface area (Å²) in [6.07, 6.45) is 3.76. The minimum atomic E-state index is -0.344. The summed E-state index contributed by atoms with van der Waals surface area (Å²) in [5.41, 5.74) is 5.75. The van der Waals surface area contributed by atoms with Gasteiger partial charge >= 0.3 is 0 Å². The second kappa shape index (κ2) is 7.41. The normalized spacial score (nSPS) is 12.4. The van der Waals surface area contributed by atoms with Crippen LogP contribution in [0.5, 0.6) is 0 Å². The zero-order valence-electron chi connectivity index (χ0n) is 9.74. The number of hydrogen-bond acceptors (Lipinski definition) is 3. The molecule has 0 spiro atoms. The Morgan fingerprint density at radius 2 is 2.44 bits per heavy atom. The molecular formula is C12H20N2OS. The van der Waals surface area contributed by atoms with Gasteiger partial charge in [-0.05, 0) is 24.3 Å². The molecule has 0 saturated carbocycles. The van der Waals surface area contributed by atoms with E-state index in [4.69, 9.17) is 5.73 Å². The van der Waals surface area contributed by atoms with Crippen LogP contribution in [0, 0.1) is 0 Å². The molecule has 0 fully saturated rings. The first-order chi connectivity index (χ1) is 7.74. The van der Waals surface area contributed by atoms with E-state index in [1.165, 1.54) is 4.88 Å². The molecule has 0 radical (unpaired) electrons.